The predicted octanol–water partition coefficient (Wildman–Crippen LogP) is 2.02. The topological polar surface area (TPSA) is 33.5 Å². The zero-order valence-corrected chi connectivity index (χ0v) is 15.1. The summed E-state index contributed by atoms with van der Waals surface area (Å²) < 4.78 is 0. The molecule has 0 aromatic heterocycles. The number of carbonyl (C=O) groups is 1. The van der Waals surface area contributed by atoms with E-state index in [1.54, 1.807) is 0 Å². The van der Waals surface area contributed by atoms with Crippen LogP contribution in [0.15, 0.2) is 0 Å². The van der Waals surface area contributed by atoms with Gasteiger partial charge in [0.15, 0.2) is 6.54 Å². The number of carbonyl (C=O) groups excluding carboxylic acids is 1. The standard InChI is InChI=1S/C20H34N2O/c1-14-3-5-22(6-4-14)13-19(23)21-15(2)20-10-16-7-17(11-20)9-18(8-16)12-20/h14-18H,3-13H2,1-2H3,(H,21,23)/p+1/t15-,16?,17?,18?,20?/m1/s1. The molecular weight excluding hydrogens is 284 g/mol. The number of amides is 1. The van der Waals surface area contributed by atoms with Crippen molar-refractivity contribution < 1.29 is 9.69 Å². The molecule has 4 bridgehead atoms. The van der Waals surface area contributed by atoms with Gasteiger partial charge in [-0.05, 0) is 87.4 Å². The lowest BCUT2D eigenvalue weighted by Gasteiger charge is -2.59. The Balaban J connectivity index is 1.33. The second-order valence-corrected chi connectivity index (χ2v) is 9.68. The Bertz CT molecular complexity index is 417. The third kappa shape index (κ3) is 3.18. The van der Waals surface area contributed by atoms with E-state index in [1.807, 2.05) is 0 Å². The van der Waals surface area contributed by atoms with Crippen LogP contribution in [0.1, 0.15) is 65.2 Å². The molecule has 3 nitrogen and oxygen atoms in total. The van der Waals surface area contributed by atoms with E-state index in [2.05, 4.69) is 19.2 Å². The van der Waals surface area contributed by atoms with Gasteiger partial charge in [-0.1, -0.05) is 6.92 Å². The molecule has 130 valence electrons. The first-order valence-corrected chi connectivity index (χ1v) is 10.2. The van der Waals surface area contributed by atoms with Crippen LogP contribution in [0.2, 0.25) is 0 Å². The monoisotopic (exact) mass is 319 g/mol. The quantitative estimate of drug-likeness (QED) is 0.817. The van der Waals surface area contributed by atoms with Crippen molar-refractivity contribution in [1.82, 2.24) is 5.32 Å². The highest BCUT2D eigenvalue weighted by Gasteiger charge is 2.53. The molecule has 0 unspecified atom stereocenters. The molecule has 1 heterocycles. The van der Waals surface area contributed by atoms with Gasteiger partial charge in [0.25, 0.3) is 5.91 Å². The third-order valence-electron chi connectivity index (χ3n) is 7.77. The molecular formula is C20H35N2O+. The minimum absolute atomic E-state index is 0.304. The molecule has 23 heavy (non-hydrogen) atoms. The van der Waals surface area contributed by atoms with Crippen LogP contribution in [0.5, 0.6) is 0 Å². The predicted molar refractivity (Wildman–Crippen MR) is 92.2 cm³/mol. The molecule has 1 aliphatic heterocycles. The van der Waals surface area contributed by atoms with Gasteiger partial charge < -0.3 is 10.2 Å². The van der Waals surface area contributed by atoms with Crippen molar-refractivity contribution >= 4 is 5.91 Å². The van der Waals surface area contributed by atoms with Crippen LogP contribution in [-0.2, 0) is 4.79 Å². The fourth-order valence-corrected chi connectivity index (χ4v) is 6.73. The van der Waals surface area contributed by atoms with Gasteiger partial charge in [0.05, 0.1) is 13.1 Å². The Morgan fingerprint density at radius 2 is 1.61 bits per heavy atom. The summed E-state index contributed by atoms with van der Waals surface area (Å²) in [4.78, 5) is 14.1. The van der Waals surface area contributed by atoms with E-state index in [4.69, 9.17) is 0 Å². The molecule has 0 spiro atoms. The van der Waals surface area contributed by atoms with E-state index in [0.29, 0.717) is 23.9 Å². The number of piperidine rings is 1. The maximum atomic E-state index is 12.6. The van der Waals surface area contributed by atoms with Crippen molar-refractivity contribution in [3.8, 4) is 0 Å². The highest BCUT2D eigenvalue weighted by atomic mass is 16.2. The summed E-state index contributed by atoms with van der Waals surface area (Å²) in [7, 11) is 0. The SMILES string of the molecule is CC1CC[NH+](CC(=O)N[C@H](C)C23CC4CC(CC(C4)C2)C3)CC1. The van der Waals surface area contributed by atoms with Gasteiger partial charge in [0.2, 0.25) is 0 Å². The molecule has 5 aliphatic rings. The smallest absolute Gasteiger partial charge is 0.275 e. The zero-order valence-electron chi connectivity index (χ0n) is 15.1. The van der Waals surface area contributed by atoms with Crippen molar-refractivity contribution in [2.75, 3.05) is 19.6 Å². The molecule has 1 amide bonds. The average molecular weight is 320 g/mol. The number of hydrogen-bond acceptors (Lipinski definition) is 1. The van der Waals surface area contributed by atoms with Gasteiger partial charge in [-0.25, -0.2) is 0 Å². The highest BCUT2D eigenvalue weighted by molar-refractivity contribution is 5.77. The second-order valence-electron chi connectivity index (χ2n) is 9.68. The Kier molecular flexibility index (Phi) is 4.19. The van der Waals surface area contributed by atoms with E-state index in [1.165, 1.54) is 69.4 Å². The third-order valence-corrected chi connectivity index (χ3v) is 7.77. The normalized spacial score (nSPS) is 46.6. The van der Waals surface area contributed by atoms with Gasteiger partial charge in [-0.2, -0.15) is 0 Å². The molecule has 0 aromatic carbocycles. The van der Waals surface area contributed by atoms with Crippen LogP contribution in [0.25, 0.3) is 0 Å². The molecule has 5 rings (SSSR count). The van der Waals surface area contributed by atoms with Crippen LogP contribution >= 0.6 is 0 Å². The minimum atomic E-state index is 0.304. The van der Waals surface area contributed by atoms with Crippen LogP contribution in [0, 0.1) is 29.1 Å². The minimum Gasteiger partial charge on any atom is -0.348 e. The molecule has 0 aromatic rings. The number of hydrogen-bond donors (Lipinski definition) is 2. The highest BCUT2D eigenvalue weighted by Crippen LogP contribution is 2.61. The Morgan fingerprint density at radius 3 is 2.13 bits per heavy atom. The summed E-state index contributed by atoms with van der Waals surface area (Å²) in [6.45, 7) is 7.70. The largest absolute Gasteiger partial charge is 0.348 e. The number of rotatable bonds is 4. The van der Waals surface area contributed by atoms with E-state index < -0.39 is 0 Å². The number of likely N-dealkylation sites (tertiary alicyclic amines) is 1. The summed E-state index contributed by atoms with van der Waals surface area (Å²) in [5.74, 6) is 4.06. The van der Waals surface area contributed by atoms with Crippen molar-refractivity contribution in [1.29, 1.82) is 0 Å². The summed E-state index contributed by atoms with van der Waals surface area (Å²) in [6, 6.07) is 0.381. The van der Waals surface area contributed by atoms with Crippen molar-refractivity contribution in [2.45, 2.75) is 71.3 Å². The van der Waals surface area contributed by atoms with Crippen molar-refractivity contribution in [2.24, 2.45) is 29.1 Å². The number of quaternary nitrogens is 1. The molecule has 1 saturated heterocycles. The molecule has 4 saturated carbocycles. The summed E-state index contributed by atoms with van der Waals surface area (Å²) >= 11 is 0. The molecule has 4 aliphatic carbocycles. The van der Waals surface area contributed by atoms with E-state index in [9.17, 15) is 4.79 Å². The van der Waals surface area contributed by atoms with E-state index in [-0.39, 0.29) is 0 Å². The first-order valence-electron chi connectivity index (χ1n) is 10.2. The van der Waals surface area contributed by atoms with Crippen molar-refractivity contribution in [3.05, 3.63) is 0 Å². The molecule has 3 heteroatoms. The van der Waals surface area contributed by atoms with Crippen molar-refractivity contribution in [3.63, 3.8) is 0 Å². The van der Waals surface area contributed by atoms with Crippen LogP contribution < -0.4 is 10.2 Å². The fourth-order valence-electron chi connectivity index (χ4n) is 6.73. The molecule has 2 N–H and O–H groups in total. The number of nitrogens with one attached hydrogen (secondary N) is 2. The zero-order chi connectivity index (χ0) is 16.0. The Labute approximate surface area is 141 Å². The van der Waals surface area contributed by atoms with Gasteiger partial charge in [-0.3, -0.25) is 4.79 Å². The maximum Gasteiger partial charge on any atom is 0.275 e. The van der Waals surface area contributed by atoms with Gasteiger partial charge in [0, 0.05) is 6.04 Å². The Hall–Kier alpha value is -0.570. The van der Waals surface area contributed by atoms with Crippen LogP contribution in [0.3, 0.4) is 0 Å². The van der Waals surface area contributed by atoms with Gasteiger partial charge >= 0.3 is 0 Å². The summed E-state index contributed by atoms with van der Waals surface area (Å²) in [5.41, 5.74) is 0.441. The van der Waals surface area contributed by atoms with Gasteiger partial charge in [0.1, 0.15) is 0 Å². The second kappa shape index (κ2) is 6.06. The average Bonchev–Trinajstić information content (AvgIpc) is 2.48. The maximum absolute atomic E-state index is 12.6. The lowest BCUT2D eigenvalue weighted by molar-refractivity contribution is -0.898. The lowest BCUT2D eigenvalue weighted by atomic mass is 9.48. The van der Waals surface area contributed by atoms with Gasteiger partial charge in [-0.15, -0.1) is 0 Å². The summed E-state index contributed by atoms with van der Waals surface area (Å²) in [6.07, 6.45) is 11.2. The van der Waals surface area contributed by atoms with Crippen LogP contribution in [-0.4, -0.2) is 31.6 Å². The fraction of sp³-hybridized carbons (Fsp3) is 0.950. The van der Waals surface area contributed by atoms with Crippen LogP contribution in [0.4, 0.5) is 0 Å². The Morgan fingerprint density at radius 1 is 1.09 bits per heavy atom. The lowest BCUT2D eigenvalue weighted by Crippen LogP contribution is -3.14. The first-order chi connectivity index (χ1) is 11.0. The summed E-state index contributed by atoms with van der Waals surface area (Å²) in [5, 5.41) is 3.44. The van der Waals surface area contributed by atoms with E-state index in [0.717, 1.165) is 23.7 Å². The molecule has 1 atom stereocenters. The van der Waals surface area contributed by atoms with E-state index >= 15 is 0 Å². The first kappa shape index (κ1) is 15.9. The molecule has 5 fully saturated rings. The molecule has 0 radical (unpaired) electrons.